The van der Waals surface area contributed by atoms with Crippen molar-refractivity contribution in [3.8, 4) is 0 Å². The first kappa shape index (κ1) is 14.4. The van der Waals surface area contributed by atoms with Crippen molar-refractivity contribution < 1.29 is 4.79 Å². The number of nitrogens with zero attached hydrogens (tertiary/aromatic N) is 1. The van der Waals surface area contributed by atoms with E-state index in [2.05, 4.69) is 32.3 Å². The average molecular weight is 211 g/mol. The van der Waals surface area contributed by atoms with Crippen molar-refractivity contribution in [3.63, 3.8) is 0 Å². The van der Waals surface area contributed by atoms with Crippen molar-refractivity contribution in [2.45, 2.75) is 47.1 Å². The predicted octanol–water partition coefficient (Wildman–Crippen LogP) is 2.89. The van der Waals surface area contributed by atoms with Crippen LogP contribution in [0.15, 0.2) is 12.7 Å². The number of ketones is 1. The third-order valence-electron chi connectivity index (χ3n) is 2.47. The number of hydrogen-bond acceptors (Lipinski definition) is 2. The molecule has 0 aliphatic carbocycles. The summed E-state index contributed by atoms with van der Waals surface area (Å²) < 4.78 is 0. The van der Waals surface area contributed by atoms with Gasteiger partial charge in [0.2, 0.25) is 0 Å². The van der Waals surface area contributed by atoms with Crippen LogP contribution in [0.4, 0.5) is 0 Å². The Morgan fingerprint density at radius 1 is 1.20 bits per heavy atom. The van der Waals surface area contributed by atoms with E-state index in [-0.39, 0.29) is 16.7 Å². The molecule has 0 saturated carbocycles. The molecule has 0 aromatic heterocycles. The molecule has 0 rings (SSSR count). The summed E-state index contributed by atoms with van der Waals surface area (Å²) in [5.74, 6) is 0.277. The van der Waals surface area contributed by atoms with E-state index >= 15 is 0 Å². The van der Waals surface area contributed by atoms with Crippen molar-refractivity contribution in [3.05, 3.63) is 12.7 Å². The molecule has 0 bridgehead atoms. The third-order valence-corrected chi connectivity index (χ3v) is 2.47. The van der Waals surface area contributed by atoms with Gasteiger partial charge in [0.1, 0.15) is 0 Å². The number of rotatable bonds is 4. The Hall–Kier alpha value is -0.630. The zero-order valence-corrected chi connectivity index (χ0v) is 11.1. The molecule has 0 fully saturated rings. The van der Waals surface area contributed by atoms with Gasteiger partial charge in [0.05, 0.1) is 6.54 Å². The molecule has 0 heterocycles. The standard InChI is InChI=1S/C13H25NO/c1-8-9-14(13(5,6)7)10-11(15)12(2,3)4/h8H,1,9-10H2,2-7H3. The molecule has 0 atom stereocenters. The van der Waals surface area contributed by atoms with Crippen LogP contribution in [0, 0.1) is 5.41 Å². The van der Waals surface area contributed by atoms with Crippen LogP contribution in [0.1, 0.15) is 41.5 Å². The SMILES string of the molecule is C=CCN(CC(=O)C(C)(C)C)C(C)(C)C. The van der Waals surface area contributed by atoms with Crippen LogP contribution in [-0.4, -0.2) is 29.3 Å². The van der Waals surface area contributed by atoms with Gasteiger partial charge in [-0.3, -0.25) is 9.69 Å². The summed E-state index contributed by atoms with van der Waals surface area (Å²) in [6.45, 7) is 17.2. The molecule has 0 aromatic rings. The van der Waals surface area contributed by atoms with E-state index in [0.717, 1.165) is 6.54 Å². The van der Waals surface area contributed by atoms with Crippen LogP contribution in [0.2, 0.25) is 0 Å². The number of hydrogen-bond donors (Lipinski definition) is 0. The second-order valence-electron chi connectivity index (χ2n) is 6.01. The van der Waals surface area contributed by atoms with Gasteiger partial charge < -0.3 is 0 Å². The third kappa shape index (κ3) is 5.12. The maximum absolute atomic E-state index is 11.9. The van der Waals surface area contributed by atoms with Crippen LogP contribution in [0.25, 0.3) is 0 Å². The van der Waals surface area contributed by atoms with Gasteiger partial charge >= 0.3 is 0 Å². The highest BCUT2D eigenvalue weighted by Crippen LogP contribution is 2.19. The number of carbonyl (C=O) groups is 1. The van der Waals surface area contributed by atoms with Crippen molar-refractivity contribution >= 4 is 5.78 Å². The zero-order valence-electron chi connectivity index (χ0n) is 11.1. The highest BCUT2D eigenvalue weighted by molar-refractivity contribution is 5.85. The Kier molecular flexibility index (Phi) is 4.72. The topological polar surface area (TPSA) is 20.3 Å². The molecule has 0 amide bonds. The predicted molar refractivity (Wildman–Crippen MR) is 66.0 cm³/mol. The minimum atomic E-state index is -0.259. The molecule has 0 aromatic carbocycles. The van der Waals surface area contributed by atoms with Gasteiger partial charge in [-0.2, -0.15) is 0 Å². The molecule has 0 unspecified atom stereocenters. The molecule has 0 N–H and O–H groups in total. The summed E-state index contributed by atoms with van der Waals surface area (Å²) in [6.07, 6.45) is 1.85. The molecular formula is C13H25NO. The highest BCUT2D eigenvalue weighted by Gasteiger charge is 2.27. The smallest absolute Gasteiger partial charge is 0.152 e. The van der Waals surface area contributed by atoms with E-state index in [1.807, 2.05) is 26.8 Å². The minimum Gasteiger partial charge on any atom is -0.298 e. The lowest BCUT2D eigenvalue weighted by Crippen LogP contribution is -2.46. The molecule has 2 nitrogen and oxygen atoms in total. The van der Waals surface area contributed by atoms with E-state index in [9.17, 15) is 4.79 Å². The Balaban J connectivity index is 4.57. The first-order valence-electron chi connectivity index (χ1n) is 5.48. The summed E-state index contributed by atoms with van der Waals surface area (Å²) in [5.41, 5.74) is -0.250. The minimum absolute atomic E-state index is 0.00903. The van der Waals surface area contributed by atoms with Crippen molar-refractivity contribution in [1.29, 1.82) is 0 Å². The largest absolute Gasteiger partial charge is 0.298 e. The van der Waals surface area contributed by atoms with Crippen LogP contribution < -0.4 is 0 Å². The lowest BCUT2D eigenvalue weighted by molar-refractivity contribution is -0.128. The normalized spacial score (nSPS) is 13.0. The molecule has 88 valence electrons. The molecular weight excluding hydrogens is 186 g/mol. The Bertz CT molecular complexity index is 230. The molecule has 0 spiro atoms. The summed E-state index contributed by atoms with van der Waals surface area (Å²) >= 11 is 0. The fraction of sp³-hybridized carbons (Fsp3) is 0.769. The summed E-state index contributed by atoms with van der Waals surface area (Å²) in [5, 5.41) is 0. The second kappa shape index (κ2) is 4.93. The van der Waals surface area contributed by atoms with Gasteiger partial charge in [-0.1, -0.05) is 26.8 Å². The van der Waals surface area contributed by atoms with Gasteiger partial charge in [0.15, 0.2) is 5.78 Å². The van der Waals surface area contributed by atoms with Crippen LogP contribution in [0.3, 0.4) is 0 Å². The van der Waals surface area contributed by atoms with Crippen molar-refractivity contribution in [2.24, 2.45) is 5.41 Å². The number of Topliss-reactive ketones (excluding diaryl/α,β-unsaturated/α-hetero) is 1. The van der Waals surface area contributed by atoms with Gasteiger partial charge in [0.25, 0.3) is 0 Å². The van der Waals surface area contributed by atoms with Crippen LogP contribution >= 0.6 is 0 Å². The fourth-order valence-electron chi connectivity index (χ4n) is 1.14. The first-order valence-corrected chi connectivity index (χ1v) is 5.48. The van der Waals surface area contributed by atoms with Crippen LogP contribution in [-0.2, 0) is 4.79 Å². The van der Waals surface area contributed by atoms with E-state index in [1.165, 1.54) is 0 Å². The van der Waals surface area contributed by atoms with Crippen molar-refractivity contribution in [2.75, 3.05) is 13.1 Å². The molecule has 0 saturated heterocycles. The Labute approximate surface area is 94.4 Å². The number of carbonyl (C=O) groups excluding carboxylic acids is 1. The van der Waals surface area contributed by atoms with Gasteiger partial charge in [0, 0.05) is 17.5 Å². The summed E-state index contributed by atoms with van der Waals surface area (Å²) in [6, 6.07) is 0. The second-order valence-corrected chi connectivity index (χ2v) is 6.01. The van der Waals surface area contributed by atoms with Crippen molar-refractivity contribution in [1.82, 2.24) is 4.90 Å². The lowest BCUT2D eigenvalue weighted by Gasteiger charge is -2.35. The average Bonchev–Trinajstić information content (AvgIpc) is 1.99. The molecule has 2 heteroatoms. The van der Waals surface area contributed by atoms with Gasteiger partial charge in [-0.25, -0.2) is 0 Å². The van der Waals surface area contributed by atoms with Crippen LogP contribution in [0.5, 0.6) is 0 Å². The zero-order chi connectivity index (χ0) is 12.3. The molecule has 0 aliphatic rings. The highest BCUT2D eigenvalue weighted by atomic mass is 16.1. The van der Waals surface area contributed by atoms with E-state index in [0.29, 0.717) is 6.54 Å². The first-order chi connectivity index (χ1) is 6.59. The summed E-state index contributed by atoms with van der Waals surface area (Å²) in [4.78, 5) is 14.1. The Morgan fingerprint density at radius 2 is 1.67 bits per heavy atom. The summed E-state index contributed by atoms with van der Waals surface area (Å²) in [7, 11) is 0. The Morgan fingerprint density at radius 3 is 1.93 bits per heavy atom. The van der Waals surface area contributed by atoms with Gasteiger partial charge in [-0.05, 0) is 20.8 Å². The van der Waals surface area contributed by atoms with Gasteiger partial charge in [-0.15, -0.1) is 6.58 Å². The monoisotopic (exact) mass is 211 g/mol. The van der Waals surface area contributed by atoms with E-state index in [1.54, 1.807) is 0 Å². The quantitative estimate of drug-likeness (QED) is 0.666. The molecule has 15 heavy (non-hydrogen) atoms. The lowest BCUT2D eigenvalue weighted by atomic mass is 9.89. The van der Waals surface area contributed by atoms with E-state index < -0.39 is 0 Å². The molecule has 0 radical (unpaired) electrons. The maximum atomic E-state index is 11.9. The maximum Gasteiger partial charge on any atom is 0.152 e. The molecule has 0 aliphatic heterocycles. The fourth-order valence-corrected chi connectivity index (χ4v) is 1.14. The van der Waals surface area contributed by atoms with E-state index in [4.69, 9.17) is 0 Å².